The van der Waals surface area contributed by atoms with Gasteiger partial charge in [0.25, 0.3) is 0 Å². The largest absolute Gasteiger partial charge is 0.467 e. The number of amides is 4. The van der Waals surface area contributed by atoms with Crippen LogP contribution in [0.5, 0.6) is 0 Å². The maximum absolute atomic E-state index is 13.8. The van der Waals surface area contributed by atoms with E-state index in [-0.39, 0.29) is 31.3 Å². The number of methoxy groups -OCH3 is 1. The zero-order chi connectivity index (χ0) is 33.7. The zero-order valence-electron chi connectivity index (χ0n) is 27.7. The maximum atomic E-state index is 13.8. The van der Waals surface area contributed by atoms with Crippen molar-refractivity contribution in [3.05, 3.63) is 0 Å². The molecule has 0 aliphatic carbocycles. The summed E-state index contributed by atoms with van der Waals surface area (Å²) >= 11 is 0. The summed E-state index contributed by atoms with van der Waals surface area (Å²) in [6, 6.07) is -5.78. The first-order valence-electron chi connectivity index (χ1n) is 14.4. The van der Waals surface area contributed by atoms with Crippen LogP contribution in [0.1, 0.15) is 89.0 Å². The summed E-state index contributed by atoms with van der Waals surface area (Å²) in [4.78, 5) is 76.4. The summed E-state index contributed by atoms with van der Waals surface area (Å²) in [5.41, 5.74) is -1.73. The Labute approximate surface area is 255 Å². The molecule has 0 aliphatic heterocycles. The van der Waals surface area contributed by atoms with Gasteiger partial charge >= 0.3 is 30.0 Å². The zero-order valence-corrected chi connectivity index (χ0v) is 27.7. The molecule has 4 N–H and O–H groups in total. The SMILES string of the molecule is COC(=O)[C@@H](NC(=O)N[C@H](C(=O)N[C@@H](CC(C)C)C(=O)OC(C)(C)C)[C@H](CCOC(C)=O)NC(=O)OC(C)(C)C)C(C)C. The molecule has 4 amide bonds. The van der Waals surface area contributed by atoms with Crippen molar-refractivity contribution < 1.29 is 47.7 Å². The number of hydrogen-bond donors (Lipinski definition) is 4. The maximum Gasteiger partial charge on any atom is 0.407 e. The first-order chi connectivity index (χ1) is 19.6. The van der Waals surface area contributed by atoms with E-state index >= 15 is 0 Å². The standard InChI is InChI=1S/C29H52N4O10/c1-16(2)15-20(24(36)42-28(6,7)8)30-23(35)22(33-26(38)32-21(17(3)4)25(37)40-12)19(13-14-41-18(5)34)31-27(39)43-29(9,10)11/h16-17,19-22H,13-15H2,1-12H3,(H,30,35)(H,31,39)(H2,32,33,38)/t19-,20-,21-,22-/m0/s1. The third-order valence-corrected chi connectivity index (χ3v) is 5.53. The van der Waals surface area contributed by atoms with Gasteiger partial charge in [0.05, 0.1) is 19.8 Å². The van der Waals surface area contributed by atoms with Gasteiger partial charge in [-0.2, -0.15) is 0 Å². The normalized spacial score (nSPS) is 14.5. The molecule has 0 saturated heterocycles. The van der Waals surface area contributed by atoms with Crippen molar-refractivity contribution in [1.82, 2.24) is 21.3 Å². The number of rotatable bonds is 14. The Morgan fingerprint density at radius 1 is 0.721 bits per heavy atom. The van der Waals surface area contributed by atoms with Crippen molar-refractivity contribution in [2.24, 2.45) is 11.8 Å². The van der Waals surface area contributed by atoms with Crippen LogP contribution < -0.4 is 21.3 Å². The van der Waals surface area contributed by atoms with Crippen LogP contribution >= 0.6 is 0 Å². The van der Waals surface area contributed by atoms with Crippen molar-refractivity contribution in [3.8, 4) is 0 Å². The minimum atomic E-state index is -1.52. The number of carbonyl (C=O) groups excluding carboxylic acids is 6. The van der Waals surface area contributed by atoms with E-state index in [0.29, 0.717) is 0 Å². The van der Waals surface area contributed by atoms with Crippen LogP contribution in [0.2, 0.25) is 0 Å². The van der Waals surface area contributed by atoms with Crippen molar-refractivity contribution in [1.29, 1.82) is 0 Å². The van der Waals surface area contributed by atoms with Crippen LogP contribution in [0.4, 0.5) is 9.59 Å². The summed E-state index contributed by atoms with van der Waals surface area (Å²) in [7, 11) is 1.18. The fraction of sp³-hybridized carbons (Fsp3) is 0.793. The number of alkyl carbamates (subject to hydrolysis) is 1. The van der Waals surface area contributed by atoms with E-state index in [1.807, 2.05) is 13.8 Å². The van der Waals surface area contributed by atoms with Crippen molar-refractivity contribution in [2.75, 3.05) is 13.7 Å². The van der Waals surface area contributed by atoms with Crippen LogP contribution in [0.25, 0.3) is 0 Å². The molecule has 43 heavy (non-hydrogen) atoms. The van der Waals surface area contributed by atoms with Crippen molar-refractivity contribution >= 4 is 35.9 Å². The summed E-state index contributed by atoms with van der Waals surface area (Å²) in [5.74, 6) is -3.21. The Kier molecular flexibility index (Phi) is 16.1. The molecule has 0 saturated carbocycles. The number of ether oxygens (including phenoxy) is 4. The second kappa shape index (κ2) is 17.5. The summed E-state index contributed by atoms with van der Waals surface area (Å²) in [6.45, 7) is 18.1. The van der Waals surface area contributed by atoms with Gasteiger partial charge in [-0.3, -0.25) is 9.59 Å². The average Bonchev–Trinajstić information content (AvgIpc) is 2.81. The minimum Gasteiger partial charge on any atom is -0.467 e. The lowest BCUT2D eigenvalue weighted by atomic mass is 10.0. The molecule has 0 bridgehead atoms. The number of esters is 3. The first kappa shape index (κ1) is 39.4. The predicted molar refractivity (Wildman–Crippen MR) is 158 cm³/mol. The summed E-state index contributed by atoms with van der Waals surface area (Å²) in [6.07, 6.45) is -0.807. The molecule has 0 rings (SSSR count). The monoisotopic (exact) mass is 616 g/mol. The van der Waals surface area contributed by atoms with Crippen molar-refractivity contribution in [2.45, 2.75) is 124 Å². The number of urea groups is 1. The van der Waals surface area contributed by atoms with E-state index < -0.39 is 71.3 Å². The Morgan fingerprint density at radius 2 is 1.26 bits per heavy atom. The third-order valence-electron chi connectivity index (χ3n) is 5.53. The van der Waals surface area contributed by atoms with Crippen LogP contribution in [0.15, 0.2) is 0 Å². The van der Waals surface area contributed by atoms with E-state index in [1.54, 1.807) is 55.4 Å². The molecule has 14 heteroatoms. The molecule has 4 atom stereocenters. The number of nitrogens with one attached hydrogen (secondary N) is 4. The predicted octanol–water partition coefficient (Wildman–Crippen LogP) is 2.57. The molecule has 248 valence electrons. The highest BCUT2D eigenvalue weighted by Gasteiger charge is 2.37. The van der Waals surface area contributed by atoms with E-state index in [4.69, 9.17) is 18.9 Å². The topological polar surface area (TPSA) is 187 Å². The Morgan fingerprint density at radius 3 is 1.70 bits per heavy atom. The third kappa shape index (κ3) is 17.2. The first-order valence-corrected chi connectivity index (χ1v) is 14.4. The van der Waals surface area contributed by atoms with Gasteiger partial charge in [-0.15, -0.1) is 0 Å². The van der Waals surface area contributed by atoms with Gasteiger partial charge in [0.15, 0.2) is 0 Å². The molecule has 0 unspecified atom stereocenters. The van der Waals surface area contributed by atoms with Gasteiger partial charge in [0.1, 0.15) is 29.3 Å². The molecule has 0 aromatic rings. The number of carbonyl (C=O) groups is 6. The molecule has 0 aliphatic rings. The van der Waals surface area contributed by atoms with Crippen LogP contribution in [0.3, 0.4) is 0 Å². The molecule has 0 radical (unpaired) electrons. The fourth-order valence-electron chi connectivity index (χ4n) is 3.73. The summed E-state index contributed by atoms with van der Waals surface area (Å²) < 4.78 is 20.6. The van der Waals surface area contributed by atoms with Crippen LogP contribution in [0, 0.1) is 11.8 Å². The van der Waals surface area contributed by atoms with Crippen LogP contribution in [-0.4, -0.2) is 85.0 Å². The van der Waals surface area contributed by atoms with Gasteiger partial charge < -0.3 is 40.2 Å². The molecule has 0 aromatic heterocycles. The molecular formula is C29H52N4O10. The Hall–Kier alpha value is -3.58. The molecule has 0 heterocycles. The lowest BCUT2D eigenvalue weighted by Gasteiger charge is -2.32. The second-order valence-electron chi connectivity index (χ2n) is 12.9. The minimum absolute atomic E-state index is 0.0287. The fourth-order valence-corrected chi connectivity index (χ4v) is 3.73. The smallest absolute Gasteiger partial charge is 0.407 e. The highest BCUT2D eigenvalue weighted by atomic mass is 16.6. The van der Waals surface area contributed by atoms with Gasteiger partial charge in [0.2, 0.25) is 5.91 Å². The van der Waals surface area contributed by atoms with E-state index in [1.165, 1.54) is 14.0 Å². The molecule has 0 aromatic carbocycles. The molecular weight excluding hydrogens is 564 g/mol. The van der Waals surface area contributed by atoms with Crippen molar-refractivity contribution in [3.63, 3.8) is 0 Å². The Balaban J connectivity index is 6.52. The van der Waals surface area contributed by atoms with E-state index in [9.17, 15) is 28.8 Å². The summed E-state index contributed by atoms with van der Waals surface area (Å²) in [5, 5.41) is 10.2. The highest BCUT2D eigenvalue weighted by molar-refractivity contribution is 5.92. The van der Waals surface area contributed by atoms with Gasteiger partial charge in [-0.25, -0.2) is 19.2 Å². The molecule has 0 fully saturated rings. The second-order valence-corrected chi connectivity index (χ2v) is 12.9. The highest BCUT2D eigenvalue weighted by Crippen LogP contribution is 2.15. The quantitative estimate of drug-likeness (QED) is 0.167. The van der Waals surface area contributed by atoms with Gasteiger partial charge in [-0.05, 0) is 59.8 Å². The van der Waals surface area contributed by atoms with Gasteiger partial charge in [-0.1, -0.05) is 27.7 Å². The Bertz CT molecular complexity index is 969. The average molecular weight is 617 g/mol. The lowest BCUT2D eigenvalue weighted by molar-refractivity contribution is -0.159. The lowest BCUT2D eigenvalue weighted by Crippen LogP contribution is -2.63. The van der Waals surface area contributed by atoms with E-state index in [2.05, 4.69) is 21.3 Å². The van der Waals surface area contributed by atoms with E-state index in [0.717, 1.165) is 0 Å². The number of hydrogen-bond acceptors (Lipinski definition) is 10. The van der Waals surface area contributed by atoms with Gasteiger partial charge in [0, 0.05) is 13.3 Å². The molecule has 0 spiro atoms. The van der Waals surface area contributed by atoms with Crippen LogP contribution in [-0.2, 0) is 38.1 Å². The molecule has 14 nitrogen and oxygen atoms in total.